The van der Waals surface area contributed by atoms with Crippen LogP contribution in [0.3, 0.4) is 0 Å². The molecule has 0 unspecified atom stereocenters. The topological polar surface area (TPSA) is 69.6 Å². The Morgan fingerprint density at radius 3 is 2.35 bits per heavy atom. The summed E-state index contributed by atoms with van der Waals surface area (Å²) in [7, 11) is 1.62. The summed E-state index contributed by atoms with van der Waals surface area (Å²) in [5.74, 6) is -1.19. The van der Waals surface area contributed by atoms with Crippen molar-refractivity contribution in [3.8, 4) is 0 Å². The van der Waals surface area contributed by atoms with Crippen molar-refractivity contribution in [2.75, 3.05) is 18.9 Å². The number of likely N-dealkylation sites (N-methyl/N-ethyl adjacent to an activating group) is 1. The number of benzene rings is 1. The summed E-state index contributed by atoms with van der Waals surface area (Å²) in [6.45, 7) is 7.14. The van der Waals surface area contributed by atoms with Crippen LogP contribution in [-0.4, -0.2) is 41.0 Å². The van der Waals surface area contributed by atoms with Crippen LogP contribution in [0.5, 0.6) is 0 Å². The lowest BCUT2D eigenvalue weighted by Crippen LogP contribution is -2.50. The number of carboxylic acid groups (broad SMARTS) is 1. The van der Waals surface area contributed by atoms with Gasteiger partial charge in [0.1, 0.15) is 5.54 Å². The van der Waals surface area contributed by atoms with Crippen LogP contribution in [0, 0.1) is 13.8 Å². The molecule has 0 bridgehead atoms. The number of hydrogen-bond donors (Lipinski definition) is 2. The zero-order valence-corrected chi connectivity index (χ0v) is 12.7. The first kappa shape index (κ1) is 16.2. The average Bonchev–Trinajstić information content (AvgIpc) is 2.33. The molecule has 2 N–H and O–H groups in total. The Kier molecular flexibility index (Phi) is 4.89. The smallest absolute Gasteiger partial charge is 0.323 e. The number of aliphatic carboxylic acids is 1. The zero-order valence-electron chi connectivity index (χ0n) is 12.7. The maximum atomic E-state index is 11.9. The van der Waals surface area contributed by atoms with E-state index in [4.69, 9.17) is 5.11 Å². The van der Waals surface area contributed by atoms with Gasteiger partial charge in [-0.25, -0.2) is 0 Å². The fourth-order valence-electron chi connectivity index (χ4n) is 1.60. The largest absolute Gasteiger partial charge is 0.480 e. The van der Waals surface area contributed by atoms with E-state index < -0.39 is 11.5 Å². The average molecular weight is 278 g/mol. The van der Waals surface area contributed by atoms with Gasteiger partial charge >= 0.3 is 5.97 Å². The predicted molar refractivity (Wildman–Crippen MR) is 78.9 cm³/mol. The number of carbonyl (C=O) groups excluding carboxylic acids is 1. The number of aryl methyl sites for hydroxylation is 2. The summed E-state index contributed by atoms with van der Waals surface area (Å²) >= 11 is 0. The quantitative estimate of drug-likeness (QED) is 0.864. The van der Waals surface area contributed by atoms with E-state index in [2.05, 4.69) is 5.32 Å². The van der Waals surface area contributed by atoms with Crippen LogP contribution in [0.2, 0.25) is 0 Å². The minimum Gasteiger partial charge on any atom is -0.480 e. The number of anilines is 1. The highest BCUT2D eigenvalue weighted by Gasteiger charge is 2.32. The molecule has 0 aliphatic rings. The van der Waals surface area contributed by atoms with Gasteiger partial charge in [-0.05, 0) is 58.0 Å². The molecule has 5 nitrogen and oxygen atoms in total. The molecule has 0 atom stereocenters. The van der Waals surface area contributed by atoms with Crippen molar-refractivity contribution < 1.29 is 14.7 Å². The number of amides is 1. The highest BCUT2D eigenvalue weighted by Crippen LogP contribution is 2.15. The summed E-state index contributed by atoms with van der Waals surface area (Å²) in [6, 6.07) is 5.67. The zero-order chi connectivity index (χ0) is 15.5. The van der Waals surface area contributed by atoms with Gasteiger partial charge in [-0.15, -0.1) is 0 Å². The lowest BCUT2D eigenvalue weighted by atomic mass is 10.0. The second-order valence-corrected chi connectivity index (χ2v) is 5.57. The number of nitrogens with zero attached hydrogens (tertiary/aromatic N) is 1. The second kappa shape index (κ2) is 6.05. The minimum atomic E-state index is -1.08. The van der Waals surface area contributed by atoms with Crippen molar-refractivity contribution in [2.24, 2.45) is 0 Å². The molecule has 1 aromatic rings. The van der Waals surface area contributed by atoms with Crippen molar-refractivity contribution in [3.05, 3.63) is 29.3 Å². The molecule has 1 rings (SSSR count). The maximum Gasteiger partial charge on any atom is 0.323 e. The summed E-state index contributed by atoms with van der Waals surface area (Å²) < 4.78 is 0. The first-order valence-electron chi connectivity index (χ1n) is 6.46. The molecular formula is C15H22N2O3. The Morgan fingerprint density at radius 2 is 1.85 bits per heavy atom. The Balaban J connectivity index is 2.68. The number of carboxylic acids is 1. The SMILES string of the molecule is Cc1ccc(NC(=O)CN(C)C(C)(C)C(=O)O)cc1C. The molecule has 0 aliphatic carbocycles. The van der Waals surface area contributed by atoms with E-state index in [9.17, 15) is 9.59 Å². The van der Waals surface area contributed by atoms with Crippen LogP contribution in [0.15, 0.2) is 18.2 Å². The number of nitrogens with one attached hydrogen (secondary N) is 1. The van der Waals surface area contributed by atoms with Crippen molar-refractivity contribution in [2.45, 2.75) is 33.2 Å². The molecule has 0 saturated heterocycles. The molecule has 110 valence electrons. The Labute approximate surface area is 119 Å². The van der Waals surface area contributed by atoms with Crippen LogP contribution < -0.4 is 5.32 Å². The molecule has 1 amide bonds. The van der Waals surface area contributed by atoms with Gasteiger partial charge in [0, 0.05) is 5.69 Å². The maximum absolute atomic E-state index is 11.9. The van der Waals surface area contributed by atoms with E-state index in [1.807, 2.05) is 32.0 Å². The van der Waals surface area contributed by atoms with Gasteiger partial charge in [-0.1, -0.05) is 6.07 Å². The predicted octanol–water partition coefficient (Wildman–Crippen LogP) is 2.04. The molecule has 0 aliphatic heterocycles. The fourth-order valence-corrected chi connectivity index (χ4v) is 1.60. The molecule has 5 heteroatoms. The van der Waals surface area contributed by atoms with Crippen molar-refractivity contribution in [1.82, 2.24) is 4.90 Å². The molecule has 0 spiro atoms. The van der Waals surface area contributed by atoms with Crippen LogP contribution in [-0.2, 0) is 9.59 Å². The van der Waals surface area contributed by atoms with Crippen LogP contribution in [0.4, 0.5) is 5.69 Å². The molecule has 1 aromatic carbocycles. The Hall–Kier alpha value is -1.88. The van der Waals surface area contributed by atoms with Crippen molar-refractivity contribution >= 4 is 17.6 Å². The van der Waals surface area contributed by atoms with Gasteiger partial charge in [0.25, 0.3) is 0 Å². The molecular weight excluding hydrogens is 256 g/mol. The van der Waals surface area contributed by atoms with Crippen LogP contribution >= 0.6 is 0 Å². The van der Waals surface area contributed by atoms with E-state index in [1.54, 1.807) is 20.9 Å². The first-order chi connectivity index (χ1) is 9.14. The fraction of sp³-hybridized carbons (Fsp3) is 0.467. The third-order valence-corrected chi connectivity index (χ3v) is 3.65. The normalized spacial score (nSPS) is 11.5. The van der Waals surface area contributed by atoms with Gasteiger partial charge in [-0.2, -0.15) is 0 Å². The number of hydrogen-bond acceptors (Lipinski definition) is 3. The third-order valence-electron chi connectivity index (χ3n) is 3.65. The van der Waals surface area contributed by atoms with Crippen molar-refractivity contribution in [1.29, 1.82) is 0 Å². The van der Waals surface area contributed by atoms with Gasteiger partial charge in [0.2, 0.25) is 5.91 Å². The number of carbonyl (C=O) groups is 2. The van der Waals surface area contributed by atoms with E-state index in [0.717, 1.165) is 16.8 Å². The molecule has 20 heavy (non-hydrogen) atoms. The highest BCUT2D eigenvalue weighted by atomic mass is 16.4. The van der Waals surface area contributed by atoms with Crippen molar-refractivity contribution in [3.63, 3.8) is 0 Å². The van der Waals surface area contributed by atoms with Gasteiger partial charge in [0.05, 0.1) is 6.54 Å². The molecule has 0 radical (unpaired) electrons. The number of rotatable bonds is 5. The lowest BCUT2D eigenvalue weighted by Gasteiger charge is -2.30. The first-order valence-corrected chi connectivity index (χ1v) is 6.46. The third kappa shape index (κ3) is 3.81. The lowest BCUT2D eigenvalue weighted by molar-refractivity contribution is -0.148. The summed E-state index contributed by atoms with van der Waals surface area (Å²) in [4.78, 5) is 24.6. The van der Waals surface area contributed by atoms with Gasteiger partial charge in [0.15, 0.2) is 0 Å². The van der Waals surface area contributed by atoms with E-state index in [1.165, 1.54) is 4.90 Å². The van der Waals surface area contributed by atoms with Crippen LogP contribution in [0.1, 0.15) is 25.0 Å². The van der Waals surface area contributed by atoms with E-state index >= 15 is 0 Å². The van der Waals surface area contributed by atoms with Gasteiger partial charge in [-0.3, -0.25) is 14.5 Å². The Morgan fingerprint density at radius 1 is 1.25 bits per heavy atom. The minimum absolute atomic E-state index is 0.0201. The molecule has 0 fully saturated rings. The van der Waals surface area contributed by atoms with E-state index in [-0.39, 0.29) is 12.5 Å². The second-order valence-electron chi connectivity index (χ2n) is 5.57. The Bertz CT molecular complexity index is 524. The summed E-state index contributed by atoms with van der Waals surface area (Å²) in [5, 5.41) is 11.9. The summed E-state index contributed by atoms with van der Waals surface area (Å²) in [6.07, 6.45) is 0. The molecule has 0 heterocycles. The standard InChI is InChI=1S/C15H22N2O3/c1-10-6-7-12(8-11(10)2)16-13(18)9-17(5)15(3,4)14(19)20/h6-8H,9H2,1-5H3,(H,16,18)(H,19,20). The molecule has 0 aromatic heterocycles. The van der Waals surface area contributed by atoms with Gasteiger partial charge < -0.3 is 10.4 Å². The van der Waals surface area contributed by atoms with Crippen LogP contribution in [0.25, 0.3) is 0 Å². The monoisotopic (exact) mass is 278 g/mol. The molecule has 0 saturated carbocycles. The highest BCUT2D eigenvalue weighted by molar-refractivity contribution is 5.93. The van der Waals surface area contributed by atoms with E-state index in [0.29, 0.717) is 0 Å². The summed E-state index contributed by atoms with van der Waals surface area (Å²) in [5.41, 5.74) is 1.90.